The summed E-state index contributed by atoms with van der Waals surface area (Å²) in [5.41, 5.74) is 0.621. The van der Waals surface area contributed by atoms with E-state index >= 15 is 0 Å². The summed E-state index contributed by atoms with van der Waals surface area (Å²) in [5.74, 6) is 0.678. The van der Waals surface area contributed by atoms with E-state index in [2.05, 4.69) is 19.2 Å². The van der Waals surface area contributed by atoms with E-state index in [4.69, 9.17) is 9.47 Å². The maximum atomic E-state index is 14.9. The van der Waals surface area contributed by atoms with Gasteiger partial charge in [-0.05, 0) is 48.0 Å². The summed E-state index contributed by atoms with van der Waals surface area (Å²) >= 11 is 0. The molecule has 5 atom stereocenters. The molecule has 0 radical (unpaired) electrons. The van der Waals surface area contributed by atoms with Gasteiger partial charge in [0.05, 0.1) is 13.2 Å². The maximum Gasteiger partial charge on any atom is 0.217 e. The third kappa shape index (κ3) is 2.32. The minimum absolute atomic E-state index is 0.0133. The van der Waals surface area contributed by atoms with Gasteiger partial charge in [0.1, 0.15) is 0 Å². The second-order valence-electron chi connectivity index (χ2n) is 8.84. The minimum atomic E-state index is -0.324. The van der Waals surface area contributed by atoms with Crippen molar-refractivity contribution in [3.63, 3.8) is 0 Å². The number of rotatable bonds is 3. The van der Waals surface area contributed by atoms with Gasteiger partial charge in [-0.15, -0.1) is 0 Å². The first-order chi connectivity index (χ1) is 12.3. The molecule has 3 fully saturated rings. The highest BCUT2D eigenvalue weighted by Crippen LogP contribution is 2.70. The normalized spacial score (nSPS) is 37.3. The Labute approximate surface area is 154 Å². The van der Waals surface area contributed by atoms with Crippen LogP contribution in [0.5, 0.6) is 5.75 Å². The van der Waals surface area contributed by atoms with E-state index in [1.807, 2.05) is 12.1 Å². The number of halogens is 1. The summed E-state index contributed by atoms with van der Waals surface area (Å²) in [5, 5.41) is 3.25. The first kappa shape index (κ1) is 17.8. The van der Waals surface area contributed by atoms with Gasteiger partial charge in [0, 0.05) is 25.1 Å². The number of ether oxygens (including phenoxy) is 2. The summed E-state index contributed by atoms with van der Waals surface area (Å²) < 4.78 is 26.2. The van der Waals surface area contributed by atoms with Crippen LogP contribution in [-0.2, 0) is 9.53 Å². The number of amides is 1. The van der Waals surface area contributed by atoms with Crippen molar-refractivity contribution in [1.29, 1.82) is 0 Å². The van der Waals surface area contributed by atoms with Crippen molar-refractivity contribution in [2.45, 2.75) is 52.2 Å². The summed E-state index contributed by atoms with van der Waals surface area (Å²) in [4.78, 5) is 11.9. The van der Waals surface area contributed by atoms with Crippen molar-refractivity contribution in [2.75, 3.05) is 13.7 Å². The fourth-order valence-corrected chi connectivity index (χ4v) is 6.20. The molecular weight excluding hydrogens is 333 g/mol. The number of methoxy groups -OCH3 is 1. The largest absolute Gasteiger partial charge is 0.494 e. The zero-order chi connectivity index (χ0) is 18.7. The lowest BCUT2D eigenvalue weighted by molar-refractivity contribution is -0.136. The molecule has 1 aromatic carbocycles. The van der Waals surface area contributed by atoms with Crippen molar-refractivity contribution >= 4 is 5.91 Å². The number of benzene rings is 1. The molecule has 0 aromatic heterocycles. The van der Waals surface area contributed by atoms with Crippen LogP contribution >= 0.6 is 0 Å². The van der Waals surface area contributed by atoms with Crippen LogP contribution in [0, 0.1) is 28.5 Å². The van der Waals surface area contributed by atoms with Gasteiger partial charge in [-0.1, -0.05) is 26.0 Å². The van der Waals surface area contributed by atoms with Crippen LogP contribution in [0.2, 0.25) is 0 Å². The van der Waals surface area contributed by atoms with Crippen molar-refractivity contribution in [3.05, 3.63) is 29.6 Å². The molecule has 1 spiro atoms. The molecule has 142 valence electrons. The van der Waals surface area contributed by atoms with Crippen molar-refractivity contribution in [1.82, 2.24) is 5.32 Å². The fourth-order valence-electron chi connectivity index (χ4n) is 6.20. The number of fused-ring (bicyclic) bond motifs is 1. The van der Waals surface area contributed by atoms with Gasteiger partial charge < -0.3 is 14.8 Å². The van der Waals surface area contributed by atoms with Crippen molar-refractivity contribution in [2.24, 2.45) is 22.7 Å². The molecule has 5 heteroatoms. The quantitative estimate of drug-likeness (QED) is 0.889. The number of carbonyl (C=O) groups excluding carboxylic acids is 1. The van der Waals surface area contributed by atoms with E-state index < -0.39 is 0 Å². The molecule has 2 saturated carbocycles. The number of carbonyl (C=O) groups is 1. The molecule has 2 aliphatic carbocycles. The van der Waals surface area contributed by atoms with Crippen LogP contribution in [0.4, 0.5) is 4.39 Å². The maximum absolute atomic E-state index is 14.9. The van der Waals surface area contributed by atoms with E-state index in [9.17, 15) is 9.18 Å². The van der Waals surface area contributed by atoms with E-state index in [-0.39, 0.29) is 46.4 Å². The predicted octanol–water partition coefficient (Wildman–Crippen LogP) is 3.85. The van der Waals surface area contributed by atoms with E-state index in [0.717, 1.165) is 19.3 Å². The Morgan fingerprint density at radius 1 is 1.38 bits per heavy atom. The predicted molar refractivity (Wildman–Crippen MR) is 96.3 cm³/mol. The molecule has 1 aliphatic heterocycles. The zero-order valence-corrected chi connectivity index (χ0v) is 16.0. The first-order valence-electron chi connectivity index (χ1n) is 9.52. The highest BCUT2D eigenvalue weighted by Gasteiger charge is 2.68. The fraction of sp³-hybridized carbons (Fsp3) is 0.667. The SMILES string of the molecule is COc1cccc([C@H]2OCC[C@@]34C[C@@H](C[C@H]23)C(C)(C)[C@H]4NC(C)=O)c1F. The summed E-state index contributed by atoms with van der Waals surface area (Å²) in [6, 6.07) is 5.38. The number of hydrogen-bond donors (Lipinski definition) is 1. The molecule has 0 unspecified atom stereocenters. The van der Waals surface area contributed by atoms with Gasteiger partial charge in [0.15, 0.2) is 11.6 Å². The van der Waals surface area contributed by atoms with Crippen LogP contribution in [-0.4, -0.2) is 25.7 Å². The van der Waals surface area contributed by atoms with Gasteiger partial charge in [-0.25, -0.2) is 4.39 Å². The minimum Gasteiger partial charge on any atom is -0.494 e. The molecule has 1 aromatic rings. The Bertz CT molecular complexity index is 734. The van der Waals surface area contributed by atoms with Crippen LogP contribution in [0.1, 0.15) is 51.7 Å². The molecule has 2 bridgehead atoms. The summed E-state index contributed by atoms with van der Waals surface area (Å²) in [7, 11) is 1.48. The average molecular weight is 361 g/mol. The standard InChI is InChI=1S/C21H28FNO3/c1-12(24)23-19-20(2,3)13-10-15-18(26-9-8-21(15,19)11-13)14-6-5-7-16(25-4)17(14)22/h5-7,13,15,18-19H,8-11H2,1-4H3,(H,23,24)/t13-,15-,18-,19-,21-/m1/s1. The molecule has 1 saturated heterocycles. The number of hydrogen-bond acceptors (Lipinski definition) is 3. The molecule has 1 amide bonds. The molecule has 3 aliphatic rings. The molecule has 1 N–H and O–H groups in total. The number of nitrogens with one attached hydrogen (secondary N) is 1. The second-order valence-corrected chi connectivity index (χ2v) is 8.84. The summed E-state index contributed by atoms with van der Waals surface area (Å²) in [6.45, 7) is 6.71. The van der Waals surface area contributed by atoms with Crippen LogP contribution in [0.25, 0.3) is 0 Å². The Hall–Kier alpha value is -1.62. The highest BCUT2D eigenvalue weighted by molar-refractivity contribution is 5.73. The van der Waals surface area contributed by atoms with Crippen LogP contribution < -0.4 is 10.1 Å². The van der Waals surface area contributed by atoms with Gasteiger partial charge in [0.2, 0.25) is 5.91 Å². The van der Waals surface area contributed by atoms with Crippen LogP contribution in [0.15, 0.2) is 18.2 Å². The van der Waals surface area contributed by atoms with E-state index in [0.29, 0.717) is 18.1 Å². The Kier molecular flexibility index (Phi) is 4.07. The van der Waals surface area contributed by atoms with E-state index in [1.165, 1.54) is 7.11 Å². The monoisotopic (exact) mass is 361 g/mol. The van der Waals surface area contributed by atoms with Crippen molar-refractivity contribution in [3.8, 4) is 5.75 Å². The Balaban J connectivity index is 1.74. The third-order valence-electron chi connectivity index (χ3n) is 7.37. The second kappa shape index (κ2) is 5.95. The Morgan fingerprint density at radius 3 is 2.85 bits per heavy atom. The lowest BCUT2D eigenvalue weighted by Gasteiger charge is -2.53. The smallest absolute Gasteiger partial charge is 0.217 e. The zero-order valence-electron chi connectivity index (χ0n) is 16.0. The average Bonchev–Trinajstić information content (AvgIpc) is 3.08. The third-order valence-corrected chi connectivity index (χ3v) is 7.37. The highest BCUT2D eigenvalue weighted by atomic mass is 19.1. The summed E-state index contributed by atoms with van der Waals surface area (Å²) in [6.07, 6.45) is 2.74. The van der Waals surface area contributed by atoms with E-state index in [1.54, 1.807) is 13.0 Å². The van der Waals surface area contributed by atoms with Gasteiger partial charge in [0.25, 0.3) is 0 Å². The van der Waals surface area contributed by atoms with Gasteiger partial charge in [-0.2, -0.15) is 0 Å². The molecular formula is C21H28FNO3. The van der Waals surface area contributed by atoms with Gasteiger partial charge in [-0.3, -0.25) is 4.79 Å². The van der Waals surface area contributed by atoms with Crippen molar-refractivity contribution < 1.29 is 18.7 Å². The lowest BCUT2D eigenvalue weighted by Crippen LogP contribution is -2.58. The first-order valence-corrected chi connectivity index (χ1v) is 9.52. The molecule has 4 nitrogen and oxygen atoms in total. The molecule has 1 heterocycles. The van der Waals surface area contributed by atoms with Gasteiger partial charge >= 0.3 is 0 Å². The molecule has 26 heavy (non-hydrogen) atoms. The lowest BCUT2D eigenvalue weighted by atomic mass is 9.59. The molecule has 4 rings (SSSR count). The Morgan fingerprint density at radius 2 is 2.15 bits per heavy atom. The topological polar surface area (TPSA) is 47.6 Å². The van der Waals surface area contributed by atoms with Crippen LogP contribution in [0.3, 0.4) is 0 Å².